The number of hydrogen-bond donors (Lipinski definition) is 5. The van der Waals surface area contributed by atoms with Gasteiger partial charge in [0, 0.05) is 50.3 Å². The van der Waals surface area contributed by atoms with E-state index in [9.17, 15) is 39.6 Å². The van der Waals surface area contributed by atoms with Crippen molar-refractivity contribution in [1.29, 1.82) is 0 Å². The Kier molecular flexibility index (Phi) is 13.8. The summed E-state index contributed by atoms with van der Waals surface area (Å²) in [5, 5.41) is 24.2. The van der Waals surface area contributed by atoms with E-state index in [-0.39, 0.29) is 16.9 Å². The lowest BCUT2D eigenvalue weighted by molar-refractivity contribution is -0.193. The van der Waals surface area contributed by atoms with Crippen molar-refractivity contribution >= 4 is 68.3 Å². The molecule has 1 fully saturated rings. The highest BCUT2D eigenvalue weighted by molar-refractivity contribution is 7.89. The minimum atomic E-state index is -5.08. The number of sulfonamides is 1. The van der Waals surface area contributed by atoms with Gasteiger partial charge in [-0.1, -0.05) is 11.6 Å². The molecule has 56 heavy (non-hydrogen) atoms. The first-order valence-electron chi connectivity index (χ1n) is 16.1. The van der Waals surface area contributed by atoms with E-state index >= 15 is 0 Å². The third-order valence-electron chi connectivity index (χ3n) is 7.94. The first-order chi connectivity index (χ1) is 26.1. The average molecular weight is 836 g/mol. The molecule has 0 spiro atoms. The molecule has 3 aromatic heterocycles. The number of piperidine rings is 1. The molecule has 4 aromatic rings. The summed E-state index contributed by atoms with van der Waals surface area (Å²) in [6.45, 7) is 0.718. The fourth-order valence-corrected chi connectivity index (χ4v) is 6.80. The molecule has 0 saturated carbocycles. The van der Waals surface area contributed by atoms with Crippen molar-refractivity contribution in [3.05, 3.63) is 71.5 Å². The minimum absolute atomic E-state index is 0.0504. The third-order valence-corrected chi connectivity index (χ3v) is 10.00. The van der Waals surface area contributed by atoms with Gasteiger partial charge in [0.2, 0.25) is 11.9 Å². The molecule has 302 valence electrons. The summed E-state index contributed by atoms with van der Waals surface area (Å²) in [4.78, 5) is 48.1. The molecule has 1 aromatic carbocycles. The fourth-order valence-electron chi connectivity index (χ4n) is 5.22. The molecule has 24 heteroatoms. The topological polar surface area (TPSA) is 222 Å². The van der Waals surface area contributed by atoms with Crippen LogP contribution in [0.25, 0.3) is 0 Å². The number of carbonyl (C=O) groups is 3. The molecule has 2 aliphatic rings. The highest BCUT2D eigenvalue weighted by Gasteiger charge is 2.39. The van der Waals surface area contributed by atoms with Crippen LogP contribution in [0.15, 0.2) is 60.4 Å². The van der Waals surface area contributed by atoms with E-state index in [1.807, 2.05) is 30.5 Å². The Bertz CT molecular complexity index is 2140. The van der Waals surface area contributed by atoms with E-state index in [4.69, 9.17) is 31.4 Å². The van der Waals surface area contributed by atoms with Gasteiger partial charge in [0.05, 0.1) is 24.4 Å². The maximum Gasteiger partial charge on any atom is 0.490 e. The molecule has 0 radical (unpaired) electrons. The number of rotatable bonds is 5. The van der Waals surface area contributed by atoms with Gasteiger partial charge in [-0.25, -0.2) is 28.0 Å². The Hall–Kier alpha value is -5.55. The van der Waals surface area contributed by atoms with Gasteiger partial charge in [-0.2, -0.15) is 35.6 Å². The number of aryl methyl sites for hydroxylation is 3. The summed E-state index contributed by atoms with van der Waals surface area (Å²) < 4.78 is 92.3. The van der Waals surface area contributed by atoms with Crippen molar-refractivity contribution < 1.29 is 59.4 Å². The number of pyridine rings is 1. The number of carboxylic acids is 2. The van der Waals surface area contributed by atoms with Crippen LogP contribution in [0, 0.1) is 5.92 Å². The van der Waals surface area contributed by atoms with Crippen molar-refractivity contribution in [2.75, 3.05) is 29.0 Å². The lowest BCUT2D eigenvalue weighted by Gasteiger charge is -2.30. The zero-order valence-corrected chi connectivity index (χ0v) is 30.5. The van der Waals surface area contributed by atoms with Crippen LogP contribution in [-0.4, -0.2) is 90.7 Å². The van der Waals surface area contributed by atoms with Gasteiger partial charge in [-0.15, -0.1) is 0 Å². The number of aromatic nitrogens is 5. The van der Waals surface area contributed by atoms with Gasteiger partial charge in [-0.3, -0.25) is 9.78 Å². The first kappa shape index (κ1) is 43.2. The predicted octanol–water partition coefficient (Wildman–Crippen LogP) is 5.54. The highest BCUT2D eigenvalue weighted by atomic mass is 35.5. The van der Waals surface area contributed by atoms with Gasteiger partial charge in [0.25, 0.3) is 10.0 Å². The monoisotopic (exact) mass is 835 g/mol. The number of carboxylic acid groups (broad SMARTS) is 2. The fraction of sp³-hybridized carbons (Fsp3) is 0.344. The number of carbonyl (C=O) groups excluding carboxylic acids is 1. The van der Waals surface area contributed by atoms with Crippen LogP contribution in [0.2, 0.25) is 5.02 Å². The van der Waals surface area contributed by atoms with Gasteiger partial charge < -0.3 is 30.7 Å². The summed E-state index contributed by atoms with van der Waals surface area (Å²) in [6, 6.07) is 7.73. The Labute approximate surface area is 319 Å². The lowest BCUT2D eigenvalue weighted by atomic mass is 9.94. The maximum atomic E-state index is 13.2. The number of halogens is 7. The standard InChI is InChI=1S/C28H30ClN9O3S.2C2HF3O2/c1-37-16-26(32-17-37)42(40,41)38-8-6-18(7-9-38)11-25(39)35-24-5-4-21-12-20(24)3-2-19-10-22(14-30-13-19)34-28-31-15-23(29)27(33-21)36-28;2*3-2(4,5)1(6)7/h4-5,10,12-18H,2-3,6-9,11H2,1H3,(H,35,39)(H2,31,33,34,36);2*(H,6,7). The van der Waals surface area contributed by atoms with Crippen molar-refractivity contribution in [2.24, 2.45) is 13.0 Å². The number of fused-ring (bicyclic) bond motifs is 6. The Morgan fingerprint density at radius 2 is 1.57 bits per heavy atom. The molecule has 1 saturated heterocycles. The largest absolute Gasteiger partial charge is 0.490 e. The van der Waals surface area contributed by atoms with Gasteiger partial charge in [0.15, 0.2) is 10.8 Å². The molecular formula is C32H32ClF6N9O7S. The molecule has 0 atom stereocenters. The van der Waals surface area contributed by atoms with Crippen LogP contribution in [0.4, 0.5) is 55.2 Å². The highest BCUT2D eigenvalue weighted by Crippen LogP contribution is 2.31. The molecule has 16 nitrogen and oxygen atoms in total. The second kappa shape index (κ2) is 17.9. The number of amides is 1. The summed E-state index contributed by atoms with van der Waals surface area (Å²) in [6.07, 6.45) is 0.764. The molecule has 2 aliphatic heterocycles. The van der Waals surface area contributed by atoms with Crippen LogP contribution in [0.5, 0.6) is 0 Å². The first-order valence-corrected chi connectivity index (χ1v) is 17.9. The molecule has 6 bridgehead atoms. The molecule has 5 N–H and O–H groups in total. The van der Waals surface area contributed by atoms with Crippen LogP contribution < -0.4 is 16.0 Å². The smallest absolute Gasteiger partial charge is 0.475 e. The quantitative estimate of drug-likeness (QED) is 0.156. The van der Waals surface area contributed by atoms with E-state index in [0.29, 0.717) is 62.0 Å². The van der Waals surface area contributed by atoms with Gasteiger partial charge in [-0.05, 0) is 67.0 Å². The molecule has 0 unspecified atom stereocenters. The Balaban J connectivity index is 0.000000425. The van der Waals surface area contributed by atoms with Crippen LogP contribution in [-0.2, 0) is 44.3 Å². The van der Waals surface area contributed by atoms with E-state index in [2.05, 4.69) is 35.9 Å². The van der Waals surface area contributed by atoms with E-state index < -0.39 is 34.3 Å². The van der Waals surface area contributed by atoms with Crippen molar-refractivity contribution in [1.82, 2.24) is 28.8 Å². The number of imidazole rings is 1. The number of benzene rings is 1. The second-order valence-electron chi connectivity index (χ2n) is 12.2. The van der Waals surface area contributed by atoms with E-state index in [0.717, 1.165) is 28.2 Å². The third kappa shape index (κ3) is 12.2. The number of anilines is 5. The molecular weight excluding hydrogens is 804 g/mol. The van der Waals surface area contributed by atoms with Crippen LogP contribution >= 0.6 is 11.6 Å². The predicted molar refractivity (Wildman–Crippen MR) is 187 cm³/mol. The zero-order chi connectivity index (χ0) is 41.4. The number of hydrogen-bond acceptors (Lipinski definition) is 11. The Morgan fingerprint density at radius 1 is 0.929 bits per heavy atom. The summed E-state index contributed by atoms with van der Waals surface area (Å²) in [5.41, 5.74) is 4.25. The van der Waals surface area contributed by atoms with Crippen molar-refractivity contribution in [2.45, 2.75) is 49.5 Å². The van der Waals surface area contributed by atoms with Crippen LogP contribution in [0.1, 0.15) is 30.4 Å². The number of alkyl halides is 6. The molecule has 5 heterocycles. The Morgan fingerprint density at radius 3 is 2.16 bits per heavy atom. The molecule has 6 rings (SSSR count). The zero-order valence-electron chi connectivity index (χ0n) is 28.9. The number of aliphatic carboxylic acids is 2. The van der Waals surface area contributed by atoms with E-state index in [1.165, 1.54) is 23.0 Å². The molecule has 0 aliphatic carbocycles. The minimum Gasteiger partial charge on any atom is -0.475 e. The van der Waals surface area contributed by atoms with E-state index in [1.54, 1.807) is 17.8 Å². The van der Waals surface area contributed by atoms with Gasteiger partial charge >= 0.3 is 24.3 Å². The van der Waals surface area contributed by atoms with Crippen molar-refractivity contribution in [3.8, 4) is 0 Å². The van der Waals surface area contributed by atoms with Crippen LogP contribution in [0.3, 0.4) is 0 Å². The molecule has 1 amide bonds. The summed E-state index contributed by atoms with van der Waals surface area (Å²) >= 11 is 6.37. The number of nitrogens with one attached hydrogen (secondary N) is 3. The summed E-state index contributed by atoms with van der Waals surface area (Å²) in [5.74, 6) is -4.68. The van der Waals surface area contributed by atoms with Gasteiger partial charge in [0.1, 0.15) is 5.02 Å². The normalized spacial score (nSPS) is 14.7. The lowest BCUT2D eigenvalue weighted by Crippen LogP contribution is -2.39. The number of nitrogens with zero attached hydrogens (tertiary/aromatic N) is 6. The maximum absolute atomic E-state index is 13.2. The second-order valence-corrected chi connectivity index (χ2v) is 14.5. The summed E-state index contributed by atoms with van der Waals surface area (Å²) in [7, 11) is -1.90. The SMILES string of the molecule is Cn1cnc(S(=O)(=O)N2CCC(CC(=O)Nc3ccc4cc3CCc3cncc(c3)Nc3ncc(Cl)c(n3)N4)CC2)c1.O=C(O)C(F)(F)F.O=C(O)C(F)(F)F. The average Bonchev–Trinajstić information content (AvgIpc) is 3.56. The van der Waals surface area contributed by atoms with Crippen molar-refractivity contribution in [3.63, 3.8) is 0 Å².